The van der Waals surface area contributed by atoms with Crippen LogP contribution in [-0.4, -0.2) is 19.5 Å². The van der Waals surface area contributed by atoms with Gasteiger partial charge in [0.1, 0.15) is 5.52 Å². The highest BCUT2D eigenvalue weighted by Crippen LogP contribution is 2.30. The Morgan fingerprint density at radius 1 is 1.00 bits per heavy atom. The van der Waals surface area contributed by atoms with Crippen LogP contribution in [-0.2, 0) is 13.6 Å². The lowest BCUT2D eigenvalue weighted by molar-refractivity contribution is 0.866. The van der Waals surface area contributed by atoms with Gasteiger partial charge in [0.05, 0.1) is 17.8 Å². The average molecular weight is 357 g/mol. The van der Waals surface area contributed by atoms with E-state index < -0.39 is 0 Å². The van der Waals surface area contributed by atoms with Crippen molar-refractivity contribution in [2.45, 2.75) is 26.3 Å². The Morgan fingerprint density at radius 3 is 2.59 bits per heavy atom. The topological polar surface area (TPSA) is 55.6 Å². The monoisotopic (exact) mass is 357 g/mol. The summed E-state index contributed by atoms with van der Waals surface area (Å²) in [6, 6.07) is 16.3. The molecule has 0 saturated carbocycles. The molecule has 1 aromatic carbocycles. The predicted molar refractivity (Wildman–Crippen MR) is 110 cm³/mol. The van der Waals surface area contributed by atoms with E-state index in [9.17, 15) is 0 Å². The van der Waals surface area contributed by atoms with Crippen LogP contribution in [0.25, 0.3) is 22.4 Å². The van der Waals surface area contributed by atoms with Gasteiger partial charge in [-0.3, -0.25) is 4.98 Å². The summed E-state index contributed by atoms with van der Waals surface area (Å²) in [6.07, 6.45) is 3.82. The number of hydrogen-bond acceptors (Lipinski definition) is 4. The molecule has 0 aliphatic heterocycles. The number of fused-ring (bicyclic) bond motifs is 1. The van der Waals surface area contributed by atoms with Crippen molar-refractivity contribution in [1.29, 1.82) is 0 Å². The zero-order valence-electron chi connectivity index (χ0n) is 15.8. The SMILES string of the molecule is CC(C)c1ccccc1-c1nc(NCc2ccccn2)c2c(ccn2C)n1. The van der Waals surface area contributed by atoms with Gasteiger partial charge in [0.15, 0.2) is 11.6 Å². The van der Waals surface area contributed by atoms with Gasteiger partial charge >= 0.3 is 0 Å². The average Bonchev–Trinajstić information content (AvgIpc) is 3.08. The van der Waals surface area contributed by atoms with Crippen molar-refractivity contribution in [3.05, 3.63) is 72.2 Å². The fourth-order valence-electron chi connectivity index (χ4n) is 3.32. The molecule has 0 saturated heterocycles. The van der Waals surface area contributed by atoms with Crippen molar-refractivity contribution >= 4 is 16.9 Å². The first-order chi connectivity index (χ1) is 13.1. The molecular weight excluding hydrogens is 334 g/mol. The molecular formula is C22H23N5. The summed E-state index contributed by atoms with van der Waals surface area (Å²) in [5, 5.41) is 3.46. The minimum Gasteiger partial charge on any atom is -0.363 e. The van der Waals surface area contributed by atoms with E-state index >= 15 is 0 Å². The number of aryl methyl sites for hydroxylation is 1. The maximum atomic E-state index is 4.89. The summed E-state index contributed by atoms with van der Waals surface area (Å²) in [4.78, 5) is 14.1. The highest BCUT2D eigenvalue weighted by atomic mass is 15.1. The van der Waals surface area contributed by atoms with Gasteiger partial charge in [0.25, 0.3) is 0 Å². The summed E-state index contributed by atoms with van der Waals surface area (Å²) in [5.41, 5.74) is 5.24. The molecule has 0 bridgehead atoms. The first-order valence-electron chi connectivity index (χ1n) is 9.19. The Labute approximate surface area is 159 Å². The fraction of sp³-hybridized carbons (Fsp3) is 0.227. The lowest BCUT2D eigenvalue weighted by Crippen LogP contribution is -2.07. The molecule has 3 aromatic heterocycles. The summed E-state index contributed by atoms with van der Waals surface area (Å²) >= 11 is 0. The quantitative estimate of drug-likeness (QED) is 0.559. The molecule has 1 N–H and O–H groups in total. The number of anilines is 1. The molecule has 27 heavy (non-hydrogen) atoms. The standard InChI is InChI=1S/C22H23N5/c1-15(2)17-9-4-5-10-18(17)21-25-19-11-13-27(3)20(19)22(26-21)24-14-16-8-6-7-12-23-16/h4-13,15H,14H2,1-3H3,(H,24,25,26). The van der Waals surface area contributed by atoms with Crippen LogP contribution in [0.1, 0.15) is 31.0 Å². The molecule has 0 radical (unpaired) electrons. The van der Waals surface area contributed by atoms with Gasteiger partial charge in [-0.2, -0.15) is 0 Å². The van der Waals surface area contributed by atoms with Gasteiger partial charge in [-0.25, -0.2) is 9.97 Å². The highest BCUT2D eigenvalue weighted by Gasteiger charge is 2.15. The second-order valence-electron chi connectivity index (χ2n) is 6.97. The second-order valence-corrected chi connectivity index (χ2v) is 6.97. The van der Waals surface area contributed by atoms with Gasteiger partial charge in [-0.05, 0) is 29.7 Å². The van der Waals surface area contributed by atoms with Gasteiger partial charge in [0.2, 0.25) is 0 Å². The van der Waals surface area contributed by atoms with E-state index in [0.717, 1.165) is 33.9 Å². The number of hydrogen-bond donors (Lipinski definition) is 1. The first kappa shape index (κ1) is 17.2. The fourth-order valence-corrected chi connectivity index (χ4v) is 3.32. The van der Waals surface area contributed by atoms with E-state index in [0.29, 0.717) is 12.5 Å². The Morgan fingerprint density at radius 2 is 1.81 bits per heavy atom. The molecule has 4 rings (SSSR count). The largest absolute Gasteiger partial charge is 0.363 e. The Bertz CT molecular complexity index is 1070. The van der Waals surface area contributed by atoms with E-state index in [2.05, 4.69) is 42.3 Å². The molecule has 0 spiro atoms. The van der Waals surface area contributed by atoms with Crippen molar-refractivity contribution in [2.75, 3.05) is 5.32 Å². The number of benzene rings is 1. The second kappa shape index (κ2) is 7.19. The van der Waals surface area contributed by atoms with Gasteiger partial charge in [0, 0.05) is 25.0 Å². The lowest BCUT2D eigenvalue weighted by atomic mass is 9.97. The smallest absolute Gasteiger partial charge is 0.162 e. The van der Waals surface area contributed by atoms with Crippen LogP contribution in [0, 0.1) is 0 Å². The number of nitrogens with one attached hydrogen (secondary N) is 1. The maximum Gasteiger partial charge on any atom is 0.162 e. The Balaban J connectivity index is 1.80. The van der Waals surface area contributed by atoms with Crippen molar-refractivity contribution in [3.63, 3.8) is 0 Å². The van der Waals surface area contributed by atoms with Crippen LogP contribution in [0.15, 0.2) is 60.9 Å². The highest BCUT2D eigenvalue weighted by molar-refractivity contribution is 5.88. The minimum absolute atomic E-state index is 0.404. The normalized spacial score (nSPS) is 11.3. The van der Waals surface area contributed by atoms with Crippen molar-refractivity contribution in [2.24, 2.45) is 7.05 Å². The number of aromatic nitrogens is 4. The number of nitrogens with zero attached hydrogens (tertiary/aromatic N) is 4. The summed E-state index contributed by atoms with van der Waals surface area (Å²) in [5.74, 6) is 1.98. The number of pyridine rings is 1. The number of rotatable bonds is 5. The Hall–Kier alpha value is -3.21. The van der Waals surface area contributed by atoms with Crippen molar-refractivity contribution < 1.29 is 0 Å². The molecule has 0 aliphatic rings. The zero-order valence-corrected chi connectivity index (χ0v) is 15.8. The third-order valence-electron chi connectivity index (χ3n) is 4.71. The molecule has 0 unspecified atom stereocenters. The Kier molecular flexibility index (Phi) is 4.59. The molecule has 0 amide bonds. The molecule has 0 atom stereocenters. The minimum atomic E-state index is 0.404. The van der Waals surface area contributed by atoms with Crippen LogP contribution in [0.4, 0.5) is 5.82 Å². The van der Waals surface area contributed by atoms with Gasteiger partial charge < -0.3 is 9.88 Å². The van der Waals surface area contributed by atoms with Crippen molar-refractivity contribution in [1.82, 2.24) is 19.5 Å². The zero-order chi connectivity index (χ0) is 18.8. The van der Waals surface area contributed by atoms with Gasteiger partial charge in [-0.15, -0.1) is 0 Å². The van der Waals surface area contributed by atoms with E-state index in [-0.39, 0.29) is 0 Å². The van der Waals surface area contributed by atoms with E-state index in [1.165, 1.54) is 5.56 Å². The molecule has 5 nitrogen and oxygen atoms in total. The molecule has 5 heteroatoms. The summed E-state index contributed by atoms with van der Waals surface area (Å²) < 4.78 is 2.05. The maximum absolute atomic E-state index is 4.89. The summed E-state index contributed by atoms with van der Waals surface area (Å²) in [7, 11) is 2.01. The van der Waals surface area contributed by atoms with Crippen LogP contribution in [0.5, 0.6) is 0 Å². The first-order valence-corrected chi connectivity index (χ1v) is 9.19. The van der Waals surface area contributed by atoms with Crippen LogP contribution < -0.4 is 5.32 Å². The molecule has 4 aromatic rings. The van der Waals surface area contributed by atoms with Crippen LogP contribution >= 0.6 is 0 Å². The molecule has 0 fully saturated rings. The molecule has 136 valence electrons. The summed E-state index contributed by atoms with van der Waals surface area (Å²) in [6.45, 7) is 5.00. The molecule has 3 heterocycles. The van der Waals surface area contributed by atoms with E-state index in [1.807, 2.05) is 48.1 Å². The van der Waals surface area contributed by atoms with Crippen LogP contribution in [0.2, 0.25) is 0 Å². The third kappa shape index (κ3) is 3.40. The third-order valence-corrected chi connectivity index (χ3v) is 4.71. The predicted octanol–water partition coefficient (Wildman–Crippen LogP) is 4.77. The van der Waals surface area contributed by atoms with Gasteiger partial charge in [-0.1, -0.05) is 44.2 Å². The van der Waals surface area contributed by atoms with Crippen molar-refractivity contribution in [3.8, 4) is 11.4 Å². The molecule has 0 aliphatic carbocycles. The van der Waals surface area contributed by atoms with E-state index in [1.54, 1.807) is 6.20 Å². The van der Waals surface area contributed by atoms with E-state index in [4.69, 9.17) is 9.97 Å². The lowest BCUT2D eigenvalue weighted by Gasteiger charge is -2.14. The van der Waals surface area contributed by atoms with Crippen LogP contribution in [0.3, 0.4) is 0 Å².